The second-order valence-electron chi connectivity index (χ2n) is 6.25. The Labute approximate surface area is 152 Å². The molecule has 2 aromatic rings. The number of halogens is 1. The van der Waals surface area contributed by atoms with Gasteiger partial charge in [-0.15, -0.1) is 0 Å². The van der Waals surface area contributed by atoms with Crippen LogP contribution in [0.3, 0.4) is 0 Å². The van der Waals surface area contributed by atoms with Gasteiger partial charge in [0.05, 0.1) is 4.47 Å². The van der Waals surface area contributed by atoms with Crippen molar-refractivity contribution in [3.8, 4) is 5.75 Å². The number of hydrogen-bond acceptors (Lipinski definition) is 2. The maximum atomic E-state index is 12.0. The summed E-state index contributed by atoms with van der Waals surface area (Å²) < 4.78 is 6.49. The van der Waals surface area contributed by atoms with Gasteiger partial charge in [0.25, 0.3) is 5.91 Å². The van der Waals surface area contributed by atoms with Gasteiger partial charge in [-0.1, -0.05) is 57.2 Å². The molecule has 0 aliphatic carbocycles. The van der Waals surface area contributed by atoms with Crippen LogP contribution in [-0.4, -0.2) is 19.1 Å². The molecular weight excluding hydrogens is 366 g/mol. The Kier molecular flexibility index (Phi) is 6.85. The number of carbonyl (C=O) groups is 1. The van der Waals surface area contributed by atoms with E-state index >= 15 is 0 Å². The lowest BCUT2D eigenvalue weighted by Gasteiger charge is -2.14. The monoisotopic (exact) mass is 389 g/mol. The van der Waals surface area contributed by atoms with Gasteiger partial charge in [-0.25, -0.2) is 0 Å². The van der Waals surface area contributed by atoms with Crippen molar-refractivity contribution in [2.24, 2.45) is 0 Å². The molecule has 0 saturated carbocycles. The van der Waals surface area contributed by atoms with E-state index in [0.29, 0.717) is 18.2 Å². The highest BCUT2D eigenvalue weighted by Crippen LogP contribution is 2.28. The van der Waals surface area contributed by atoms with Crippen molar-refractivity contribution in [2.45, 2.75) is 32.6 Å². The second-order valence-corrected chi connectivity index (χ2v) is 7.10. The van der Waals surface area contributed by atoms with E-state index in [9.17, 15) is 4.79 Å². The first-order valence-electron chi connectivity index (χ1n) is 8.21. The zero-order valence-corrected chi connectivity index (χ0v) is 16.0. The molecule has 2 aromatic carbocycles. The van der Waals surface area contributed by atoms with E-state index in [1.165, 1.54) is 11.1 Å². The van der Waals surface area contributed by atoms with Crippen LogP contribution >= 0.6 is 15.9 Å². The van der Waals surface area contributed by atoms with E-state index in [4.69, 9.17) is 4.74 Å². The fourth-order valence-corrected chi connectivity index (χ4v) is 2.86. The van der Waals surface area contributed by atoms with E-state index in [1.807, 2.05) is 36.4 Å². The van der Waals surface area contributed by atoms with Crippen LogP contribution in [-0.2, 0) is 4.79 Å². The minimum atomic E-state index is -0.113. The summed E-state index contributed by atoms with van der Waals surface area (Å²) in [6.07, 6.45) is 0. The van der Waals surface area contributed by atoms with Crippen molar-refractivity contribution in [2.75, 3.05) is 13.2 Å². The predicted octanol–water partition coefficient (Wildman–Crippen LogP) is 4.87. The van der Waals surface area contributed by atoms with Crippen LogP contribution in [0.15, 0.2) is 53.0 Å². The fourth-order valence-electron chi connectivity index (χ4n) is 2.35. The summed E-state index contributed by atoms with van der Waals surface area (Å²) in [6, 6.07) is 16.1. The minimum absolute atomic E-state index is 0.0150. The molecule has 0 aromatic heterocycles. The van der Waals surface area contributed by atoms with Crippen molar-refractivity contribution < 1.29 is 9.53 Å². The second kappa shape index (κ2) is 8.88. The SMILES string of the molecule is CC(C)c1ccc(OCC(=O)NC[C@H](C)c2ccccc2)c(Br)c1. The molecule has 1 N–H and O–H groups in total. The number of amides is 1. The highest BCUT2D eigenvalue weighted by molar-refractivity contribution is 9.10. The Morgan fingerprint density at radius 3 is 2.42 bits per heavy atom. The summed E-state index contributed by atoms with van der Waals surface area (Å²) in [4.78, 5) is 12.0. The van der Waals surface area contributed by atoms with Gasteiger partial charge in [-0.2, -0.15) is 0 Å². The summed E-state index contributed by atoms with van der Waals surface area (Å²) in [7, 11) is 0. The molecule has 0 bridgehead atoms. The van der Waals surface area contributed by atoms with E-state index in [0.717, 1.165) is 4.47 Å². The molecule has 24 heavy (non-hydrogen) atoms. The van der Waals surface area contributed by atoms with Gasteiger partial charge in [0.2, 0.25) is 0 Å². The van der Waals surface area contributed by atoms with E-state index < -0.39 is 0 Å². The summed E-state index contributed by atoms with van der Waals surface area (Å²) in [5.74, 6) is 1.30. The highest BCUT2D eigenvalue weighted by atomic mass is 79.9. The van der Waals surface area contributed by atoms with Crippen molar-refractivity contribution >= 4 is 21.8 Å². The Balaban J connectivity index is 1.81. The average molecular weight is 390 g/mol. The summed E-state index contributed by atoms with van der Waals surface area (Å²) >= 11 is 3.50. The van der Waals surface area contributed by atoms with Gasteiger partial charge in [0.1, 0.15) is 5.75 Å². The molecule has 0 saturated heterocycles. The molecule has 0 radical (unpaired) electrons. The Morgan fingerprint density at radius 2 is 1.79 bits per heavy atom. The molecular formula is C20H24BrNO2. The van der Waals surface area contributed by atoms with Crippen LogP contribution in [0, 0.1) is 0 Å². The highest BCUT2D eigenvalue weighted by Gasteiger charge is 2.10. The number of nitrogens with one attached hydrogen (secondary N) is 1. The molecule has 4 heteroatoms. The maximum Gasteiger partial charge on any atom is 0.257 e. The molecule has 3 nitrogen and oxygen atoms in total. The van der Waals surface area contributed by atoms with Gasteiger partial charge in [-0.3, -0.25) is 4.79 Å². The molecule has 1 atom stereocenters. The standard InChI is InChI=1S/C20H24BrNO2/c1-14(2)17-9-10-19(18(21)11-17)24-13-20(23)22-12-15(3)16-7-5-4-6-8-16/h4-11,14-15H,12-13H2,1-3H3,(H,22,23)/t15-/m0/s1. The van der Waals surface area contributed by atoms with Crippen LogP contribution in [0.1, 0.15) is 43.7 Å². The molecule has 0 unspecified atom stereocenters. The molecule has 1 amide bonds. The van der Waals surface area contributed by atoms with E-state index in [-0.39, 0.29) is 18.4 Å². The van der Waals surface area contributed by atoms with Crippen molar-refractivity contribution in [3.05, 3.63) is 64.1 Å². The van der Waals surface area contributed by atoms with E-state index in [1.54, 1.807) is 0 Å². The Bertz CT molecular complexity index is 671. The van der Waals surface area contributed by atoms with E-state index in [2.05, 4.69) is 54.2 Å². The lowest BCUT2D eigenvalue weighted by Crippen LogP contribution is -2.31. The minimum Gasteiger partial charge on any atom is -0.483 e. The Hall–Kier alpha value is -1.81. The first-order valence-corrected chi connectivity index (χ1v) is 9.00. The molecule has 128 valence electrons. The first kappa shape index (κ1) is 18.5. The normalized spacial score (nSPS) is 12.0. The van der Waals surface area contributed by atoms with Crippen molar-refractivity contribution in [3.63, 3.8) is 0 Å². The number of ether oxygens (including phenoxy) is 1. The van der Waals surface area contributed by atoms with Gasteiger partial charge in [0.15, 0.2) is 6.61 Å². The maximum absolute atomic E-state index is 12.0. The topological polar surface area (TPSA) is 38.3 Å². The third-order valence-corrected chi connectivity index (χ3v) is 4.58. The largest absolute Gasteiger partial charge is 0.483 e. The number of hydrogen-bond donors (Lipinski definition) is 1. The van der Waals surface area contributed by atoms with Crippen molar-refractivity contribution in [1.82, 2.24) is 5.32 Å². The van der Waals surface area contributed by atoms with Gasteiger partial charge >= 0.3 is 0 Å². The average Bonchev–Trinajstić information content (AvgIpc) is 2.59. The molecule has 0 spiro atoms. The summed E-state index contributed by atoms with van der Waals surface area (Å²) in [5, 5.41) is 2.92. The van der Waals surface area contributed by atoms with Crippen LogP contribution in [0.25, 0.3) is 0 Å². The summed E-state index contributed by atoms with van der Waals surface area (Å²) in [6.45, 7) is 6.99. The smallest absolute Gasteiger partial charge is 0.257 e. The van der Waals surface area contributed by atoms with Gasteiger partial charge in [0, 0.05) is 6.54 Å². The van der Waals surface area contributed by atoms with Crippen LogP contribution < -0.4 is 10.1 Å². The Morgan fingerprint density at radius 1 is 1.08 bits per heavy atom. The number of benzene rings is 2. The van der Waals surface area contributed by atoms with Gasteiger partial charge in [-0.05, 0) is 51.0 Å². The molecule has 0 aliphatic rings. The fraction of sp³-hybridized carbons (Fsp3) is 0.350. The number of carbonyl (C=O) groups excluding carboxylic acids is 1. The van der Waals surface area contributed by atoms with Crippen LogP contribution in [0.2, 0.25) is 0 Å². The zero-order chi connectivity index (χ0) is 17.5. The van der Waals surface area contributed by atoms with Gasteiger partial charge < -0.3 is 10.1 Å². The molecule has 0 fully saturated rings. The lowest BCUT2D eigenvalue weighted by atomic mass is 10.0. The number of rotatable bonds is 7. The molecule has 0 heterocycles. The van der Waals surface area contributed by atoms with Crippen molar-refractivity contribution in [1.29, 1.82) is 0 Å². The third kappa shape index (κ3) is 5.38. The molecule has 0 aliphatic heterocycles. The summed E-state index contributed by atoms with van der Waals surface area (Å²) in [5.41, 5.74) is 2.45. The zero-order valence-electron chi connectivity index (χ0n) is 14.4. The third-order valence-electron chi connectivity index (χ3n) is 3.96. The first-order chi connectivity index (χ1) is 11.5. The molecule has 2 rings (SSSR count). The predicted molar refractivity (Wildman–Crippen MR) is 102 cm³/mol. The lowest BCUT2D eigenvalue weighted by molar-refractivity contribution is -0.123. The van der Waals surface area contributed by atoms with Crippen LogP contribution in [0.5, 0.6) is 5.75 Å². The quantitative estimate of drug-likeness (QED) is 0.733. The van der Waals surface area contributed by atoms with Crippen LogP contribution in [0.4, 0.5) is 0 Å².